The molecule has 4 rings (SSSR count). The molecule has 0 spiro atoms. The van der Waals surface area contributed by atoms with E-state index in [4.69, 9.17) is 4.98 Å². The molecule has 4 aromatic rings. The van der Waals surface area contributed by atoms with Crippen LogP contribution in [0.1, 0.15) is 31.4 Å². The number of nitrogens with zero attached hydrogens (tertiary/aromatic N) is 1. The van der Waals surface area contributed by atoms with E-state index in [9.17, 15) is 18.0 Å². The largest absolute Gasteiger partial charge is 0.332 e. The maximum atomic E-state index is 13.1. The number of hydrogen-bond donors (Lipinski definition) is 3. The van der Waals surface area contributed by atoms with Crippen molar-refractivity contribution in [2.75, 3.05) is 5.32 Å². The second-order valence-corrected chi connectivity index (χ2v) is 12.1. The van der Waals surface area contributed by atoms with Gasteiger partial charge < -0.3 is 10.3 Å². The Kier molecular flexibility index (Phi) is 8.57. The third-order valence-corrected chi connectivity index (χ3v) is 8.67. The molecule has 1 aromatic heterocycles. The van der Waals surface area contributed by atoms with Gasteiger partial charge in [0, 0.05) is 23.7 Å². The van der Waals surface area contributed by atoms with E-state index in [0.29, 0.717) is 17.3 Å². The van der Waals surface area contributed by atoms with Gasteiger partial charge in [-0.2, -0.15) is 0 Å². The number of carbonyl (C=O) groups is 2. The summed E-state index contributed by atoms with van der Waals surface area (Å²) >= 11 is 1.34. The van der Waals surface area contributed by atoms with E-state index >= 15 is 0 Å². The number of aromatic amines is 1. The van der Waals surface area contributed by atoms with Crippen molar-refractivity contribution in [2.24, 2.45) is 0 Å². The molecule has 1 unspecified atom stereocenters. The number of imidazole rings is 1. The van der Waals surface area contributed by atoms with Gasteiger partial charge in [-0.05, 0) is 44.5 Å². The minimum Gasteiger partial charge on any atom is -0.332 e. The Bertz CT molecular complexity index is 1520. The van der Waals surface area contributed by atoms with Gasteiger partial charge in [0.25, 0.3) is 10.0 Å². The van der Waals surface area contributed by atoms with E-state index in [2.05, 4.69) is 34.6 Å². The lowest BCUT2D eigenvalue weighted by molar-refractivity contribution is -0.117. The molecule has 3 N–H and O–H groups in total. The van der Waals surface area contributed by atoms with Crippen molar-refractivity contribution >= 4 is 39.3 Å². The molecule has 39 heavy (non-hydrogen) atoms. The molecule has 0 saturated heterocycles. The standard InChI is InChI=1S/C29H30N4O4S2/c1-5-25(28(35)30-23-14-16-24(17-15-23)39(36,37)33-20(4)34)38-29-31-26(21-10-6-18(2)7-11-21)27(32-29)22-12-8-19(3)9-13-22/h6-17,25H,5H2,1-4H3,(H,30,35)(H,31,32)(H,33,34). The lowest BCUT2D eigenvalue weighted by Crippen LogP contribution is -2.28. The summed E-state index contributed by atoms with van der Waals surface area (Å²) < 4.78 is 26.3. The topological polar surface area (TPSA) is 121 Å². The van der Waals surface area contributed by atoms with Crippen LogP contribution in [-0.2, 0) is 19.6 Å². The van der Waals surface area contributed by atoms with E-state index in [1.807, 2.05) is 49.8 Å². The summed E-state index contributed by atoms with van der Waals surface area (Å²) in [5.41, 5.74) is 6.44. The molecule has 0 aliphatic heterocycles. The Morgan fingerprint density at radius 2 is 1.46 bits per heavy atom. The number of rotatable bonds is 9. The van der Waals surface area contributed by atoms with Gasteiger partial charge in [-0.1, -0.05) is 78.3 Å². The van der Waals surface area contributed by atoms with E-state index in [1.54, 1.807) is 0 Å². The van der Waals surface area contributed by atoms with E-state index in [-0.39, 0.29) is 10.8 Å². The highest BCUT2D eigenvalue weighted by Gasteiger charge is 2.23. The molecule has 10 heteroatoms. The number of benzene rings is 3. The van der Waals surface area contributed by atoms with E-state index < -0.39 is 21.2 Å². The van der Waals surface area contributed by atoms with Crippen molar-refractivity contribution in [3.05, 3.63) is 83.9 Å². The predicted octanol–water partition coefficient (Wildman–Crippen LogP) is 5.69. The van der Waals surface area contributed by atoms with Crippen molar-refractivity contribution < 1.29 is 18.0 Å². The normalized spacial score (nSPS) is 12.1. The Labute approximate surface area is 232 Å². The zero-order valence-corrected chi connectivity index (χ0v) is 23.7. The Hall–Kier alpha value is -3.89. The molecule has 2 amide bonds. The molecule has 1 atom stereocenters. The van der Waals surface area contributed by atoms with E-state index in [0.717, 1.165) is 40.6 Å². The summed E-state index contributed by atoms with van der Waals surface area (Å²) in [6, 6.07) is 22.0. The number of amides is 2. The molecule has 0 aliphatic carbocycles. The second kappa shape index (κ2) is 11.9. The molecule has 0 fully saturated rings. The molecule has 0 bridgehead atoms. The molecule has 0 saturated carbocycles. The van der Waals surface area contributed by atoms with Gasteiger partial charge in [-0.3, -0.25) is 9.59 Å². The van der Waals surface area contributed by atoms with Gasteiger partial charge in [-0.25, -0.2) is 18.1 Å². The highest BCUT2D eigenvalue weighted by Crippen LogP contribution is 2.35. The summed E-state index contributed by atoms with van der Waals surface area (Å²) in [7, 11) is -3.95. The van der Waals surface area contributed by atoms with Gasteiger partial charge in [0.15, 0.2) is 5.16 Å². The van der Waals surface area contributed by atoms with Crippen molar-refractivity contribution in [3.8, 4) is 22.5 Å². The average molecular weight is 563 g/mol. The zero-order valence-electron chi connectivity index (χ0n) is 22.1. The van der Waals surface area contributed by atoms with Crippen LogP contribution in [0.4, 0.5) is 5.69 Å². The summed E-state index contributed by atoms with van der Waals surface area (Å²) in [6.45, 7) is 7.13. The monoisotopic (exact) mass is 562 g/mol. The van der Waals surface area contributed by atoms with Gasteiger partial charge in [0.05, 0.1) is 21.5 Å². The smallest absolute Gasteiger partial charge is 0.264 e. The Morgan fingerprint density at radius 3 is 2.00 bits per heavy atom. The van der Waals surface area contributed by atoms with Crippen LogP contribution in [0, 0.1) is 13.8 Å². The molecule has 202 valence electrons. The highest BCUT2D eigenvalue weighted by atomic mass is 32.2. The zero-order chi connectivity index (χ0) is 28.2. The number of carbonyl (C=O) groups excluding carboxylic acids is 2. The molecule has 0 radical (unpaired) electrons. The van der Waals surface area contributed by atoms with E-state index in [1.165, 1.54) is 36.0 Å². The quantitative estimate of drug-likeness (QED) is 0.225. The molecule has 3 aromatic carbocycles. The summed E-state index contributed by atoms with van der Waals surface area (Å²) in [4.78, 5) is 32.5. The highest BCUT2D eigenvalue weighted by molar-refractivity contribution is 8.00. The van der Waals surface area contributed by atoms with Crippen LogP contribution in [0.3, 0.4) is 0 Å². The average Bonchev–Trinajstić information content (AvgIpc) is 3.31. The predicted molar refractivity (Wildman–Crippen MR) is 155 cm³/mol. The Morgan fingerprint density at radius 1 is 0.897 bits per heavy atom. The molecule has 8 nitrogen and oxygen atoms in total. The van der Waals surface area contributed by atoms with Crippen LogP contribution < -0.4 is 10.0 Å². The van der Waals surface area contributed by atoms with Crippen molar-refractivity contribution in [2.45, 2.75) is 49.4 Å². The van der Waals surface area contributed by atoms with Crippen molar-refractivity contribution in [3.63, 3.8) is 0 Å². The van der Waals surface area contributed by atoms with Gasteiger partial charge in [-0.15, -0.1) is 0 Å². The number of thioether (sulfide) groups is 1. The lowest BCUT2D eigenvalue weighted by Gasteiger charge is -2.14. The van der Waals surface area contributed by atoms with Gasteiger partial charge in [0.1, 0.15) is 0 Å². The first-order valence-electron chi connectivity index (χ1n) is 12.4. The van der Waals surface area contributed by atoms with Crippen LogP contribution >= 0.6 is 11.8 Å². The first kappa shape index (κ1) is 28.1. The number of hydrogen-bond acceptors (Lipinski definition) is 6. The Balaban J connectivity index is 1.55. The van der Waals surface area contributed by atoms with Crippen LogP contribution in [0.2, 0.25) is 0 Å². The number of nitrogens with one attached hydrogen (secondary N) is 3. The van der Waals surface area contributed by atoms with Gasteiger partial charge >= 0.3 is 0 Å². The molecular weight excluding hydrogens is 532 g/mol. The second-order valence-electron chi connectivity index (χ2n) is 9.19. The summed E-state index contributed by atoms with van der Waals surface area (Å²) in [5.74, 6) is -0.908. The van der Waals surface area contributed by atoms with Crippen molar-refractivity contribution in [1.82, 2.24) is 14.7 Å². The fraction of sp³-hybridized carbons (Fsp3) is 0.207. The minimum atomic E-state index is -3.95. The summed E-state index contributed by atoms with van der Waals surface area (Å²) in [6.07, 6.45) is 0.548. The van der Waals surface area contributed by atoms with Crippen LogP contribution in [0.5, 0.6) is 0 Å². The van der Waals surface area contributed by atoms with Crippen LogP contribution in [-0.4, -0.2) is 35.5 Å². The SMILES string of the molecule is CCC(Sc1nc(-c2ccc(C)cc2)c(-c2ccc(C)cc2)[nH]1)C(=O)Nc1ccc(S(=O)(=O)NC(C)=O)cc1. The number of sulfonamides is 1. The molecule has 0 aliphatic rings. The van der Waals surface area contributed by atoms with Crippen LogP contribution in [0.15, 0.2) is 82.8 Å². The lowest BCUT2D eigenvalue weighted by atomic mass is 10.0. The first-order valence-corrected chi connectivity index (χ1v) is 14.8. The maximum Gasteiger partial charge on any atom is 0.264 e. The number of H-pyrrole nitrogens is 1. The third-order valence-electron chi connectivity index (χ3n) is 5.97. The fourth-order valence-electron chi connectivity index (χ4n) is 3.90. The fourth-order valence-corrected chi connectivity index (χ4v) is 5.80. The number of aromatic nitrogens is 2. The third kappa shape index (κ3) is 6.96. The van der Waals surface area contributed by atoms with Crippen molar-refractivity contribution in [1.29, 1.82) is 0 Å². The molecule has 1 heterocycles. The number of aryl methyl sites for hydroxylation is 2. The summed E-state index contributed by atoms with van der Waals surface area (Å²) in [5, 5.41) is 3.02. The number of anilines is 1. The maximum absolute atomic E-state index is 13.1. The minimum absolute atomic E-state index is 0.0695. The first-order chi connectivity index (χ1) is 18.6. The van der Waals surface area contributed by atoms with Gasteiger partial charge in [0.2, 0.25) is 11.8 Å². The molecular formula is C29H30N4O4S2. The van der Waals surface area contributed by atoms with Crippen LogP contribution in [0.25, 0.3) is 22.5 Å².